The maximum absolute atomic E-state index is 5.84. The highest BCUT2D eigenvalue weighted by Gasteiger charge is 1.98. The second-order valence-corrected chi connectivity index (χ2v) is 3.52. The van der Waals surface area contributed by atoms with Crippen molar-refractivity contribution in [3.8, 4) is 11.1 Å². The molecule has 0 fully saturated rings. The summed E-state index contributed by atoms with van der Waals surface area (Å²) in [7, 11) is 0. The fourth-order valence-electron chi connectivity index (χ4n) is 1.21. The number of nitrogens with zero attached hydrogens (tertiary/aromatic N) is 2. The maximum Gasteiger partial charge on any atom is 0.0595 e. The summed E-state index contributed by atoms with van der Waals surface area (Å²) in [6, 6.07) is 5.85. The van der Waals surface area contributed by atoms with Crippen LogP contribution in [0, 0.1) is 6.92 Å². The van der Waals surface area contributed by atoms with Crippen molar-refractivity contribution in [1.82, 2.24) is 9.97 Å². The van der Waals surface area contributed by atoms with Gasteiger partial charge in [-0.1, -0.05) is 17.7 Å². The van der Waals surface area contributed by atoms with Gasteiger partial charge in [0.15, 0.2) is 0 Å². The van der Waals surface area contributed by atoms with Gasteiger partial charge in [-0.15, -0.1) is 0 Å². The van der Waals surface area contributed by atoms with Crippen molar-refractivity contribution in [2.75, 3.05) is 0 Å². The van der Waals surface area contributed by atoms with Crippen LogP contribution in [0.4, 0.5) is 0 Å². The van der Waals surface area contributed by atoms with Crippen LogP contribution in [0.15, 0.2) is 36.8 Å². The highest BCUT2D eigenvalue weighted by Crippen LogP contribution is 2.20. The third-order valence-electron chi connectivity index (χ3n) is 1.95. The Bertz CT molecular complexity index is 437. The van der Waals surface area contributed by atoms with Gasteiger partial charge in [-0.25, -0.2) is 0 Å². The molecule has 0 aliphatic carbocycles. The lowest BCUT2D eigenvalue weighted by Gasteiger charge is -2.00. The third kappa shape index (κ3) is 1.91. The number of rotatable bonds is 1. The van der Waals surface area contributed by atoms with E-state index in [-0.39, 0.29) is 0 Å². The number of hydrogen-bond acceptors (Lipinski definition) is 2. The Morgan fingerprint density at radius 1 is 1.07 bits per heavy atom. The van der Waals surface area contributed by atoms with Gasteiger partial charge in [0.25, 0.3) is 0 Å². The minimum absolute atomic E-state index is 0.642. The van der Waals surface area contributed by atoms with Crippen molar-refractivity contribution >= 4 is 11.6 Å². The molecule has 0 aliphatic rings. The molecule has 0 amide bonds. The van der Waals surface area contributed by atoms with Gasteiger partial charge in [0.2, 0.25) is 0 Å². The van der Waals surface area contributed by atoms with Crippen LogP contribution in [0.25, 0.3) is 11.1 Å². The molecule has 0 bridgehead atoms. The first kappa shape index (κ1) is 9.16. The van der Waals surface area contributed by atoms with E-state index in [4.69, 9.17) is 11.6 Å². The molecule has 0 spiro atoms. The fourth-order valence-corrected chi connectivity index (χ4v) is 1.38. The zero-order chi connectivity index (χ0) is 9.97. The molecule has 0 unspecified atom stereocenters. The van der Waals surface area contributed by atoms with Crippen LogP contribution in [0.1, 0.15) is 5.69 Å². The van der Waals surface area contributed by atoms with Gasteiger partial charge >= 0.3 is 0 Å². The lowest BCUT2D eigenvalue weighted by molar-refractivity contribution is 1.20. The van der Waals surface area contributed by atoms with Crippen LogP contribution in [0.2, 0.25) is 5.02 Å². The molecule has 2 rings (SSSR count). The number of hydrogen-bond donors (Lipinski definition) is 0. The zero-order valence-electron chi connectivity index (χ0n) is 7.74. The lowest BCUT2D eigenvalue weighted by atomic mass is 10.1. The highest BCUT2D eigenvalue weighted by molar-refractivity contribution is 6.30. The Labute approximate surface area is 87.6 Å². The van der Waals surface area contributed by atoms with Gasteiger partial charge in [0, 0.05) is 35.4 Å². The van der Waals surface area contributed by atoms with Crippen LogP contribution in [0.3, 0.4) is 0 Å². The standard InChI is InChI=1S/C11H9ClN2/c1-8-2-3-9(6-14-8)10-4-11(12)7-13-5-10/h2-7H,1H3. The summed E-state index contributed by atoms with van der Waals surface area (Å²) in [6.45, 7) is 1.96. The molecule has 0 atom stereocenters. The largest absolute Gasteiger partial charge is 0.263 e. The van der Waals surface area contributed by atoms with E-state index in [0.717, 1.165) is 16.8 Å². The molecule has 0 aromatic carbocycles. The first-order valence-electron chi connectivity index (χ1n) is 4.29. The van der Waals surface area contributed by atoms with Gasteiger partial charge in [-0.2, -0.15) is 0 Å². The summed E-state index contributed by atoms with van der Waals surface area (Å²) >= 11 is 5.84. The van der Waals surface area contributed by atoms with Crippen molar-refractivity contribution in [2.45, 2.75) is 6.92 Å². The summed E-state index contributed by atoms with van der Waals surface area (Å²) in [5.74, 6) is 0. The zero-order valence-corrected chi connectivity index (χ0v) is 8.49. The molecule has 0 saturated carbocycles. The maximum atomic E-state index is 5.84. The minimum atomic E-state index is 0.642. The van der Waals surface area contributed by atoms with Crippen LogP contribution in [0.5, 0.6) is 0 Å². The summed E-state index contributed by atoms with van der Waals surface area (Å²) < 4.78 is 0. The first-order chi connectivity index (χ1) is 6.75. The second-order valence-electron chi connectivity index (χ2n) is 3.08. The summed E-state index contributed by atoms with van der Waals surface area (Å²) in [5, 5.41) is 0.642. The van der Waals surface area contributed by atoms with Gasteiger partial charge in [0.1, 0.15) is 0 Å². The molecular formula is C11H9ClN2. The molecule has 2 heterocycles. The Morgan fingerprint density at radius 3 is 2.57 bits per heavy atom. The molecule has 2 aromatic heterocycles. The van der Waals surface area contributed by atoms with Gasteiger partial charge < -0.3 is 0 Å². The SMILES string of the molecule is Cc1ccc(-c2cncc(Cl)c2)cn1. The molecule has 3 heteroatoms. The average Bonchev–Trinajstić information content (AvgIpc) is 2.19. The van der Waals surface area contributed by atoms with Crippen molar-refractivity contribution in [1.29, 1.82) is 0 Å². The predicted octanol–water partition coefficient (Wildman–Crippen LogP) is 3.11. The fraction of sp³-hybridized carbons (Fsp3) is 0.0909. The van der Waals surface area contributed by atoms with Gasteiger partial charge in [-0.3, -0.25) is 9.97 Å². The van der Waals surface area contributed by atoms with Crippen LogP contribution in [-0.4, -0.2) is 9.97 Å². The van der Waals surface area contributed by atoms with E-state index in [2.05, 4.69) is 9.97 Å². The topological polar surface area (TPSA) is 25.8 Å². The number of aryl methyl sites for hydroxylation is 1. The number of aromatic nitrogens is 2. The molecular weight excluding hydrogens is 196 g/mol. The molecule has 0 radical (unpaired) electrons. The second kappa shape index (κ2) is 3.76. The highest BCUT2D eigenvalue weighted by atomic mass is 35.5. The molecule has 2 aromatic rings. The minimum Gasteiger partial charge on any atom is -0.263 e. The molecule has 0 N–H and O–H groups in total. The van der Waals surface area contributed by atoms with E-state index in [9.17, 15) is 0 Å². The molecule has 0 saturated heterocycles. The van der Waals surface area contributed by atoms with E-state index < -0.39 is 0 Å². The van der Waals surface area contributed by atoms with Crippen LogP contribution >= 0.6 is 11.6 Å². The summed E-state index contributed by atoms with van der Waals surface area (Å²) in [5.41, 5.74) is 3.03. The Morgan fingerprint density at radius 2 is 1.93 bits per heavy atom. The third-order valence-corrected chi connectivity index (χ3v) is 2.16. The van der Waals surface area contributed by atoms with Crippen molar-refractivity contribution in [3.63, 3.8) is 0 Å². The smallest absolute Gasteiger partial charge is 0.0595 e. The van der Waals surface area contributed by atoms with Crippen LogP contribution < -0.4 is 0 Å². The number of halogens is 1. The average molecular weight is 205 g/mol. The monoisotopic (exact) mass is 204 g/mol. The van der Waals surface area contributed by atoms with Crippen molar-refractivity contribution < 1.29 is 0 Å². The van der Waals surface area contributed by atoms with Crippen LogP contribution in [-0.2, 0) is 0 Å². The molecule has 70 valence electrons. The molecule has 14 heavy (non-hydrogen) atoms. The normalized spacial score (nSPS) is 10.1. The van der Waals surface area contributed by atoms with E-state index in [1.54, 1.807) is 12.4 Å². The lowest BCUT2D eigenvalue weighted by Crippen LogP contribution is -1.83. The Balaban J connectivity index is 2.44. The van der Waals surface area contributed by atoms with Gasteiger partial charge in [0.05, 0.1) is 5.02 Å². The summed E-state index contributed by atoms with van der Waals surface area (Å²) in [4.78, 5) is 8.24. The summed E-state index contributed by atoms with van der Waals surface area (Å²) in [6.07, 6.45) is 5.22. The Kier molecular flexibility index (Phi) is 2.46. The molecule has 0 aliphatic heterocycles. The van der Waals surface area contributed by atoms with Gasteiger partial charge in [-0.05, 0) is 19.1 Å². The first-order valence-corrected chi connectivity index (χ1v) is 4.67. The number of pyridine rings is 2. The van der Waals surface area contributed by atoms with E-state index in [0.29, 0.717) is 5.02 Å². The van der Waals surface area contributed by atoms with Crippen molar-refractivity contribution in [3.05, 3.63) is 47.5 Å². The van der Waals surface area contributed by atoms with E-state index >= 15 is 0 Å². The van der Waals surface area contributed by atoms with E-state index in [1.165, 1.54) is 0 Å². The quantitative estimate of drug-likeness (QED) is 0.714. The van der Waals surface area contributed by atoms with Crippen molar-refractivity contribution in [2.24, 2.45) is 0 Å². The van der Waals surface area contributed by atoms with E-state index in [1.807, 2.05) is 31.3 Å². The molecule has 2 nitrogen and oxygen atoms in total. The Hall–Kier alpha value is -1.41. The predicted molar refractivity (Wildman–Crippen MR) is 57.2 cm³/mol.